The van der Waals surface area contributed by atoms with E-state index in [0.717, 1.165) is 21.0 Å². The zero-order valence-corrected chi connectivity index (χ0v) is 15.2. The van der Waals surface area contributed by atoms with Crippen molar-refractivity contribution in [1.29, 1.82) is 0 Å². The molecule has 1 aromatic heterocycles. The molecule has 2 amide bonds. The number of amides is 2. The van der Waals surface area contributed by atoms with Gasteiger partial charge in [0.2, 0.25) is 0 Å². The molecule has 1 heterocycles. The molecule has 28 heavy (non-hydrogen) atoms. The molecule has 2 N–H and O–H groups in total. The predicted molar refractivity (Wildman–Crippen MR) is 106 cm³/mol. The van der Waals surface area contributed by atoms with Crippen LogP contribution in [0.2, 0.25) is 0 Å². The van der Waals surface area contributed by atoms with Crippen LogP contribution in [0.5, 0.6) is 0 Å². The topological polar surface area (TPSA) is 93.8 Å². The molecule has 0 aliphatic carbocycles. The van der Waals surface area contributed by atoms with Crippen LogP contribution < -0.4 is 16.3 Å². The lowest BCUT2D eigenvalue weighted by Crippen LogP contribution is -2.28. The van der Waals surface area contributed by atoms with E-state index in [2.05, 4.69) is 21.1 Å². The summed E-state index contributed by atoms with van der Waals surface area (Å²) >= 11 is 0. The number of urea groups is 1. The van der Waals surface area contributed by atoms with E-state index >= 15 is 0 Å². The molecule has 0 radical (unpaired) electrons. The number of fused-ring (bicyclic) bond motifs is 1. The maximum Gasteiger partial charge on any atom is 0.368 e. The van der Waals surface area contributed by atoms with Crippen molar-refractivity contribution in [3.63, 3.8) is 0 Å². The normalized spacial score (nSPS) is 10.8. The van der Waals surface area contributed by atoms with Gasteiger partial charge in [-0.25, -0.2) is 9.59 Å². The zero-order chi connectivity index (χ0) is 19.5. The van der Waals surface area contributed by atoms with E-state index in [1.54, 1.807) is 24.3 Å². The Labute approximate surface area is 160 Å². The van der Waals surface area contributed by atoms with Crippen molar-refractivity contribution >= 4 is 22.5 Å². The van der Waals surface area contributed by atoms with E-state index in [9.17, 15) is 9.59 Å². The summed E-state index contributed by atoms with van der Waals surface area (Å²) in [5.74, 6) is 0. The number of nitrogens with one attached hydrogen (secondary N) is 2. The molecule has 0 spiro atoms. The van der Waals surface area contributed by atoms with Crippen molar-refractivity contribution in [1.82, 2.24) is 25.1 Å². The van der Waals surface area contributed by atoms with Crippen LogP contribution in [0.3, 0.4) is 0 Å². The standard InChI is InChI=1S/C20H18N6O2/c1-25-20(28)26(24-23-25)17-11-9-16(10-12-17)22-19(27)21-13-15-7-4-6-14-5-2-3-8-18(14)15/h2-12H,13H2,1H3,(H2,21,22,27). The third kappa shape index (κ3) is 3.48. The summed E-state index contributed by atoms with van der Waals surface area (Å²) in [4.78, 5) is 24.1. The molecule has 0 aliphatic heterocycles. The Morgan fingerprint density at radius 2 is 1.71 bits per heavy atom. The fourth-order valence-corrected chi connectivity index (χ4v) is 2.96. The molecule has 0 atom stereocenters. The third-order valence-corrected chi connectivity index (χ3v) is 4.41. The van der Waals surface area contributed by atoms with Crippen LogP contribution in [-0.4, -0.2) is 25.8 Å². The van der Waals surface area contributed by atoms with Crippen LogP contribution >= 0.6 is 0 Å². The van der Waals surface area contributed by atoms with Gasteiger partial charge in [0.1, 0.15) is 0 Å². The molecular formula is C20H18N6O2. The number of benzene rings is 3. The van der Waals surface area contributed by atoms with Gasteiger partial charge in [-0.1, -0.05) is 42.5 Å². The number of rotatable bonds is 4. The number of carbonyl (C=O) groups excluding carboxylic acids is 1. The number of tetrazole rings is 1. The quantitative estimate of drug-likeness (QED) is 0.574. The first-order valence-corrected chi connectivity index (χ1v) is 8.73. The Morgan fingerprint density at radius 3 is 2.46 bits per heavy atom. The molecule has 8 nitrogen and oxygen atoms in total. The summed E-state index contributed by atoms with van der Waals surface area (Å²) in [5, 5.41) is 15.4. The van der Waals surface area contributed by atoms with Crippen LogP contribution in [0, 0.1) is 0 Å². The highest BCUT2D eigenvalue weighted by molar-refractivity contribution is 5.90. The van der Waals surface area contributed by atoms with Gasteiger partial charge in [-0.15, -0.1) is 0 Å². The highest BCUT2D eigenvalue weighted by Crippen LogP contribution is 2.18. The van der Waals surface area contributed by atoms with Crippen LogP contribution in [-0.2, 0) is 13.6 Å². The van der Waals surface area contributed by atoms with Crippen molar-refractivity contribution in [2.45, 2.75) is 6.54 Å². The molecule has 8 heteroatoms. The molecular weight excluding hydrogens is 356 g/mol. The lowest BCUT2D eigenvalue weighted by molar-refractivity contribution is 0.252. The molecule has 0 fully saturated rings. The number of anilines is 1. The van der Waals surface area contributed by atoms with Gasteiger partial charge in [0.25, 0.3) is 0 Å². The van der Waals surface area contributed by atoms with E-state index in [1.807, 2.05) is 42.5 Å². The summed E-state index contributed by atoms with van der Waals surface area (Å²) in [6.45, 7) is 0.417. The molecule has 0 bridgehead atoms. The van der Waals surface area contributed by atoms with Crippen molar-refractivity contribution < 1.29 is 4.79 Å². The Kier molecular flexibility index (Phi) is 4.59. The maximum atomic E-state index is 12.2. The Bertz CT molecular complexity index is 1190. The average Bonchev–Trinajstić information content (AvgIpc) is 3.05. The van der Waals surface area contributed by atoms with Gasteiger partial charge in [-0.05, 0) is 51.0 Å². The van der Waals surface area contributed by atoms with E-state index in [1.165, 1.54) is 11.7 Å². The summed E-state index contributed by atoms with van der Waals surface area (Å²) in [5.41, 5.74) is 1.88. The average molecular weight is 374 g/mol. The lowest BCUT2D eigenvalue weighted by Gasteiger charge is -2.10. The minimum Gasteiger partial charge on any atom is -0.334 e. The molecule has 0 aliphatic rings. The monoisotopic (exact) mass is 374 g/mol. The summed E-state index contributed by atoms with van der Waals surface area (Å²) in [7, 11) is 1.53. The SMILES string of the molecule is Cn1nnn(-c2ccc(NC(=O)NCc3cccc4ccccc34)cc2)c1=O. The first-order chi connectivity index (χ1) is 13.6. The minimum atomic E-state index is -0.339. The van der Waals surface area contributed by atoms with E-state index in [-0.39, 0.29) is 11.7 Å². The Hall–Kier alpha value is -3.94. The van der Waals surface area contributed by atoms with Crippen molar-refractivity contribution in [3.8, 4) is 5.69 Å². The first-order valence-electron chi connectivity index (χ1n) is 8.73. The molecule has 0 saturated carbocycles. The van der Waals surface area contributed by atoms with Crippen LogP contribution in [0.25, 0.3) is 16.5 Å². The smallest absolute Gasteiger partial charge is 0.334 e. The third-order valence-electron chi connectivity index (χ3n) is 4.41. The maximum absolute atomic E-state index is 12.2. The van der Waals surface area contributed by atoms with E-state index < -0.39 is 0 Å². The van der Waals surface area contributed by atoms with Gasteiger partial charge in [0.15, 0.2) is 0 Å². The molecule has 140 valence electrons. The number of aryl methyl sites for hydroxylation is 1. The highest BCUT2D eigenvalue weighted by atomic mass is 16.2. The molecule has 4 rings (SSSR count). The minimum absolute atomic E-state index is 0.308. The van der Waals surface area contributed by atoms with Crippen molar-refractivity contribution in [2.75, 3.05) is 5.32 Å². The Balaban J connectivity index is 1.41. The highest BCUT2D eigenvalue weighted by Gasteiger charge is 2.07. The van der Waals surface area contributed by atoms with Crippen molar-refractivity contribution in [3.05, 3.63) is 82.8 Å². The number of aromatic nitrogens is 4. The summed E-state index contributed by atoms with van der Waals surface area (Å²) in [6, 6.07) is 20.6. The molecule has 0 unspecified atom stereocenters. The number of nitrogens with zero attached hydrogens (tertiary/aromatic N) is 4. The van der Waals surface area contributed by atoms with Gasteiger partial charge < -0.3 is 10.6 Å². The van der Waals surface area contributed by atoms with Crippen molar-refractivity contribution in [2.24, 2.45) is 7.05 Å². The summed E-state index contributed by atoms with van der Waals surface area (Å²) in [6.07, 6.45) is 0. The fraction of sp³-hybridized carbons (Fsp3) is 0.100. The predicted octanol–water partition coefficient (Wildman–Crippen LogP) is 2.44. The summed E-state index contributed by atoms with van der Waals surface area (Å²) < 4.78 is 2.33. The zero-order valence-electron chi connectivity index (χ0n) is 15.2. The van der Waals surface area contributed by atoms with E-state index in [0.29, 0.717) is 17.9 Å². The van der Waals surface area contributed by atoms with Gasteiger partial charge in [-0.2, -0.15) is 9.36 Å². The lowest BCUT2D eigenvalue weighted by atomic mass is 10.0. The number of carbonyl (C=O) groups is 1. The second-order valence-electron chi connectivity index (χ2n) is 6.29. The number of hydrogen-bond acceptors (Lipinski definition) is 4. The molecule has 0 saturated heterocycles. The van der Waals surface area contributed by atoms with Crippen LogP contribution in [0.1, 0.15) is 5.56 Å². The molecule has 4 aromatic rings. The molecule has 3 aromatic carbocycles. The van der Waals surface area contributed by atoms with Crippen LogP contribution in [0.15, 0.2) is 71.5 Å². The second-order valence-corrected chi connectivity index (χ2v) is 6.29. The van der Waals surface area contributed by atoms with Gasteiger partial charge in [-0.3, -0.25) is 0 Å². The Morgan fingerprint density at radius 1 is 0.964 bits per heavy atom. The second kappa shape index (κ2) is 7.36. The fourth-order valence-electron chi connectivity index (χ4n) is 2.96. The first kappa shape index (κ1) is 17.5. The number of hydrogen-bond donors (Lipinski definition) is 2. The van der Waals surface area contributed by atoms with Crippen LogP contribution in [0.4, 0.5) is 10.5 Å². The van der Waals surface area contributed by atoms with Gasteiger partial charge in [0.05, 0.1) is 5.69 Å². The van der Waals surface area contributed by atoms with Gasteiger partial charge >= 0.3 is 11.7 Å². The largest absolute Gasteiger partial charge is 0.368 e. The van der Waals surface area contributed by atoms with Gasteiger partial charge in [0, 0.05) is 19.3 Å². The van der Waals surface area contributed by atoms with E-state index in [4.69, 9.17) is 0 Å².